The van der Waals surface area contributed by atoms with Crippen LogP contribution in [-0.4, -0.2) is 0 Å². The first-order chi connectivity index (χ1) is 6.36. The maximum atomic E-state index is 9.53. The Bertz CT molecular complexity index is 240. The molecule has 0 bridgehead atoms. The fourth-order valence-corrected chi connectivity index (χ4v) is 1.41. The molecule has 1 rings (SSSR count). The van der Waals surface area contributed by atoms with Crippen LogP contribution in [0.5, 0.6) is 0 Å². The van der Waals surface area contributed by atoms with Crippen molar-refractivity contribution < 1.29 is 44.2 Å². The van der Waals surface area contributed by atoms with Crippen LogP contribution in [0.1, 0.15) is 18.9 Å². The zero-order valence-electron chi connectivity index (χ0n) is 8.36. The van der Waals surface area contributed by atoms with Gasteiger partial charge in [-0.3, -0.25) is 5.04 Å². The molecule has 0 spiro atoms. The van der Waals surface area contributed by atoms with Gasteiger partial charge in [-0.2, -0.15) is 4.33 Å². The van der Waals surface area contributed by atoms with E-state index in [1.54, 1.807) is 0 Å². The van der Waals surface area contributed by atoms with Gasteiger partial charge in [0.05, 0.1) is 12.0 Å². The second-order valence-electron chi connectivity index (χ2n) is 2.61. The van der Waals surface area contributed by atoms with E-state index in [4.69, 9.17) is 0 Å². The first-order valence-electron chi connectivity index (χ1n) is 4.09. The maximum absolute atomic E-state index is 9.53. The Morgan fingerprint density at radius 3 is 2.43 bits per heavy atom. The first-order valence-corrected chi connectivity index (χ1v) is 4.83. The summed E-state index contributed by atoms with van der Waals surface area (Å²) in [7, 11) is 0. The van der Waals surface area contributed by atoms with Crippen molar-refractivity contribution in [1.29, 1.82) is 0 Å². The molecule has 0 aliphatic heterocycles. The van der Waals surface area contributed by atoms with Crippen molar-refractivity contribution in [3.63, 3.8) is 0 Å². The molecule has 0 amide bonds. The standard InChI is InChI=1S/C9H12O3S.Na/c1-2-3-8-4-6-9(7-5-8)13-12-11-10;/h4-7,10H,2-3H2,1H3;/q;+1/p-1. The molecule has 14 heavy (non-hydrogen) atoms. The van der Waals surface area contributed by atoms with Crippen LogP contribution in [0, 0.1) is 0 Å². The van der Waals surface area contributed by atoms with E-state index in [-0.39, 0.29) is 29.6 Å². The van der Waals surface area contributed by atoms with Crippen molar-refractivity contribution in [2.75, 3.05) is 0 Å². The van der Waals surface area contributed by atoms with Crippen molar-refractivity contribution in [3.8, 4) is 0 Å². The van der Waals surface area contributed by atoms with Gasteiger partial charge in [0.1, 0.15) is 0 Å². The van der Waals surface area contributed by atoms with E-state index >= 15 is 0 Å². The van der Waals surface area contributed by atoms with Gasteiger partial charge >= 0.3 is 29.6 Å². The minimum Gasteiger partial charge on any atom is -0.691 e. The van der Waals surface area contributed by atoms with Crippen LogP contribution in [-0.2, 0) is 15.8 Å². The molecule has 0 aromatic heterocycles. The quantitative estimate of drug-likeness (QED) is 0.274. The number of hydrogen-bond donors (Lipinski definition) is 0. The van der Waals surface area contributed by atoms with Gasteiger partial charge in [0.15, 0.2) is 0 Å². The zero-order valence-corrected chi connectivity index (χ0v) is 11.2. The summed E-state index contributed by atoms with van der Waals surface area (Å²) in [6, 6.07) is 7.82. The second kappa shape index (κ2) is 8.73. The van der Waals surface area contributed by atoms with E-state index in [9.17, 15) is 5.26 Å². The Hall–Kier alpha value is 0.450. The maximum Gasteiger partial charge on any atom is 1.00 e. The van der Waals surface area contributed by atoms with Gasteiger partial charge in [0.2, 0.25) is 0 Å². The molecule has 0 saturated carbocycles. The Labute approximate surface area is 110 Å². The Morgan fingerprint density at radius 1 is 1.29 bits per heavy atom. The van der Waals surface area contributed by atoms with Crippen LogP contribution in [0.15, 0.2) is 29.2 Å². The molecule has 0 heterocycles. The van der Waals surface area contributed by atoms with Crippen molar-refractivity contribution in [2.24, 2.45) is 0 Å². The van der Waals surface area contributed by atoms with Crippen LogP contribution in [0.2, 0.25) is 0 Å². The van der Waals surface area contributed by atoms with Crippen LogP contribution >= 0.6 is 12.0 Å². The summed E-state index contributed by atoms with van der Waals surface area (Å²) < 4.78 is 4.18. The summed E-state index contributed by atoms with van der Waals surface area (Å²) in [6.07, 6.45) is 2.20. The number of rotatable bonds is 5. The SMILES string of the molecule is CCCc1ccc(SOO[O-])cc1.[Na+]. The molecule has 0 aliphatic rings. The molecule has 3 nitrogen and oxygen atoms in total. The normalized spacial score (nSPS) is 9.57. The van der Waals surface area contributed by atoms with Crippen LogP contribution in [0.25, 0.3) is 0 Å². The van der Waals surface area contributed by atoms with E-state index in [0.717, 1.165) is 29.8 Å². The van der Waals surface area contributed by atoms with Gasteiger partial charge in [-0.05, 0) is 24.1 Å². The summed E-state index contributed by atoms with van der Waals surface area (Å²) in [5.74, 6) is 0. The molecule has 0 aliphatic carbocycles. The Morgan fingerprint density at radius 2 is 1.93 bits per heavy atom. The first kappa shape index (κ1) is 14.5. The third-order valence-corrected chi connectivity index (χ3v) is 2.21. The molecule has 0 radical (unpaired) electrons. The van der Waals surface area contributed by atoms with Crippen molar-refractivity contribution >= 4 is 12.0 Å². The largest absolute Gasteiger partial charge is 1.00 e. The number of aryl methyl sites for hydroxylation is 1. The molecule has 0 N–H and O–H groups in total. The molecule has 5 heteroatoms. The van der Waals surface area contributed by atoms with Crippen molar-refractivity contribution in [3.05, 3.63) is 29.8 Å². The third kappa shape index (κ3) is 5.36. The Kier molecular flexibility index (Phi) is 9.01. The fourth-order valence-electron chi connectivity index (χ4n) is 1.05. The second-order valence-corrected chi connectivity index (χ2v) is 3.39. The van der Waals surface area contributed by atoms with Crippen molar-refractivity contribution in [2.45, 2.75) is 24.7 Å². The average Bonchev–Trinajstić information content (AvgIpc) is 2.17. The molecule has 1 aromatic carbocycles. The smallest absolute Gasteiger partial charge is 0.691 e. The monoisotopic (exact) mass is 222 g/mol. The van der Waals surface area contributed by atoms with Gasteiger partial charge in [-0.15, -0.1) is 0 Å². The zero-order chi connectivity index (χ0) is 9.52. The van der Waals surface area contributed by atoms with E-state index in [2.05, 4.69) is 16.3 Å². The van der Waals surface area contributed by atoms with E-state index in [1.165, 1.54) is 5.56 Å². The van der Waals surface area contributed by atoms with Gasteiger partial charge in [0, 0.05) is 4.90 Å². The summed E-state index contributed by atoms with van der Waals surface area (Å²) >= 11 is 0.912. The predicted octanol–water partition coefficient (Wildman–Crippen LogP) is -1.13. The molecule has 0 fully saturated rings. The van der Waals surface area contributed by atoms with Crippen LogP contribution in [0.3, 0.4) is 0 Å². The van der Waals surface area contributed by atoms with Crippen LogP contribution < -0.4 is 34.8 Å². The Balaban J connectivity index is 0.00000169. The molecule has 72 valence electrons. The minimum absolute atomic E-state index is 0. The topological polar surface area (TPSA) is 41.5 Å². The fraction of sp³-hybridized carbons (Fsp3) is 0.333. The number of benzene rings is 1. The predicted molar refractivity (Wildman–Crippen MR) is 48.5 cm³/mol. The molecule has 1 aromatic rings. The summed E-state index contributed by atoms with van der Waals surface area (Å²) in [5, 5.41) is 12.8. The third-order valence-electron chi connectivity index (χ3n) is 1.62. The summed E-state index contributed by atoms with van der Waals surface area (Å²) in [6.45, 7) is 2.14. The van der Waals surface area contributed by atoms with Crippen LogP contribution in [0.4, 0.5) is 0 Å². The number of hydrogen-bond acceptors (Lipinski definition) is 4. The molecular formula is C9H11NaO3S. The summed E-state index contributed by atoms with van der Waals surface area (Å²) in [5.41, 5.74) is 1.29. The van der Waals surface area contributed by atoms with Gasteiger partial charge in [0.25, 0.3) is 0 Å². The van der Waals surface area contributed by atoms with E-state index in [0.29, 0.717) is 0 Å². The summed E-state index contributed by atoms with van der Waals surface area (Å²) in [4.78, 5) is 0.857. The van der Waals surface area contributed by atoms with Gasteiger partial charge in [-0.25, -0.2) is 0 Å². The minimum atomic E-state index is 0. The molecule has 0 atom stereocenters. The molecule has 0 saturated heterocycles. The molecular weight excluding hydrogens is 211 g/mol. The average molecular weight is 222 g/mol. The molecule has 0 unspecified atom stereocenters. The van der Waals surface area contributed by atoms with Gasteiger partial charge in [-0.1, -0.05) is 25.5 Å². The van der Waals surface area contributed by atoms with E-state index < -0.39 is 0 Å². The van der Waals surface area contributed by atoms with Gasteiger partial charge < -0.3 is 5.26 Å². The van der Waals surface area contributed by atoms with Crippen molar-refractivity contribution in [1.82, 2.24) is 0 Å². The van der Waals surface area contributed by atoms with E-state index in [1.807, 2.05) is 24.3 Å².